The number of carbonyl (C=O) groups is 1. The van der Waals surface area contributed by atoms with Gasteiger partial charge in [0.1, 0.15) is 5.69 Å². The topological polar surface area (TPSA) is 54.5 Å². The SMILES string of the molecule is O=C(Nc1ccc(CN2CCOCC2)c(Cl)c1)c1cscn1. The fraction of sp³-hybridized carbons (Fsp3) is 0.333. The summed E-state index contributed by atoms with van der Waals surface area (Å²) in [6.45, 7) is 4.15. The standard InChI is InChI=1S/C15H16ClN3O2S/c16-13-7-12(18-15(20)14-9-22-10-17-14)2-1-11(13)8-19-3-5-21-6-4-19/h1-2,7,9-10H,3-6,8H2,(H,18,20). The molecular weight excluding hydrogens is 322 g/mol. The van der Waals surface area contributed by atoms with Crippen molar-refractivity contribution in [1.29, 1.82) is 0 Å². The van der Waals surface area contributed by atoms with Gasteiger partial charge in [-0.15, -0.1) is 11.3 Å². The number of benzene rings is 1. The molecule has 5 nitrogen and oxygen atoms in total. The van der Waals surface area contributed by atoms with Crippen LogP contribution in [0.2, 0.25) is 5.02 Å². The van der Waals surface area contributed by atoms with Crippen LogP contribution in [-0.4, -0.2) is 42.1 Å². The van der Waals surface area contributed by atoms with E-state index >= 15 is 0 Å². The molecule has 1 saturated heterocycles. The minimum absolute atomic E-state index is 0.224. The van der Waals surface area contributed by atoms with Crippen LogP contribution in [0.25, 0.3) is 0 Å². The predicted octanol–water partition coefficient (Wildman–Crippen LogP) is 2.88. The Morgan fingerprint density at radius 3 is 2.91 bits per heavy atom. The Hall–Kier alpha value is -1.47. The molecule has 116 valence electrons. The third kappa shape index (κ3) is 3.84. The zero-order valence-corrected chi connectivity index (χ0v) is 13.5. The summed E-state index contributed by atoms with van der Waals surface area (Å²) >= 11 is 7.72. The van der Waals surface area contributed by atoms with Gasteiger partial charge in [0.25, 0.3) is 5.91 Å². The van der Waals surface area contributed by atoms with Crippen LogP contribution in [0.5, 0.6) is 0 Å². The van der Waals surface area contributed by atoms with Gasteiger partial charge in [0.05, 0.1) is 18.7 Å². The van der Waals surface area contributed by atoms with Crippen molar-refractivity contribution in [3.05, 3.63) is 45.4 Å². The number of hydrogen-bond acceptors (Lipinski definition) is 5. The predicted molar refractivity (Wildman–Crippen MR) is 87.6 cm³/mol. The van der Waals surface area contributed by atoms with Crippen LogP contribution >= 0.6 is 22.9 Å². The Balaban J connectivity index is 1.65. The number of ether oxygens (including phenoxy) is 1. The number of carbonyl (C=O) groups excluding carboxylic acids is 1. The van der Waals surface area contributed by atoms with Crippen LogP contribution in [0.3, 0.4) is 0 Å². The first-order chi connectivity index (χ1) is 10.7. The van der Waals surface area contributed by atoms with E-state index in [9.17, 15) is 4.79 Å². The molecule has 0 bridgehead atoms. The smallest absolute Gasteiger partial charge is 0.275 e. The Morgan fingerprint density at radius 1 is 1.41 bits per heavy atom. The summed E-state index contributed by atoms with van der Waals surface area (Å²) in [5.41, 5.74) is 3.77. The molecule has 3 rings (SSSR count). The van der Waals surface area contributed by atoms with Gasteiger partial charge in [0, 0.05) is 35.7 Å². The van der Waals surface area contributed by atoms with Crippen molar-refractivity contribution in [3.63, 3.8) is 0 Å². The highest BCUT2D eigenvalue weighted by Crippen LogP contribution is 2.23. The Morgan fingerprint density at radius 2 is 2.23 bits per heavy atom. The van der Waals surface area contributed by atoms with E-state index < -0.39 is 0 Å². The van der Waals surface area contributed by atoms with Crippen molar-refractivity contribution in [3.8, 4) is 0 Å². The fourth-order valence-electron chi connectivity index (χ4n) is 2.27. The lowest BCUT2D eigenvalue weighted by Crippen LogP contribution is -2.35. The average Bonchev–Trinajstić information content (AvgIpc) is 3.05. The number of nitrogens with zero attached hydrogens (tertiary/aromatic N) is 2. The van der Waals surface area contributed by atoms with E-state index in [0.29, 0.717) is 16.4 Å². The van der Waals surface area contributed by atoms with E-state index in [2.05, 4.69) is 15.2 Å². The number of halogens is 1. The fourth-order valence-corrected chi connectivity index (χ4v) is 3.05. The summed E-state index contributed by atoms with van der Waals surface area (Å²) in [5.74, 6) is -0.224. The molecule has 0 radical (unpaired) electrons. The van der Waals surface area contributed by atoms with E-state index in [0.717, 1.165) is 38.4 Å². The van der Waals surface area contributed by atoms with E-state index in [1.54, 1.807) is 17.0 Å². The second-order valence-electron chi connectivity index (χ2n) is 5.02. The zero-order chi connectivity index (χ0) is 15.4. The first kappa shape index (κ1) is 15.4. The highest BCUT2D eigenvalue weighted by Gasteiger charge is 2.13. The van der Waals surface area contributed by atoms with Crippen molar-refractivity contribution < 1.29 is 9.53 Å². The molecule has 1 N–H and O–H groups in total. The monoisotopic (exact) mass is 337 g/mol. The first-order valence-corrected chi connectivity index (χ1v) is 8.32. The van der Waals surface area contributed by atoms with Crippen LogP contribution in [0.1, 0.15) is 16.1 Å². The molecule has 2 aromatic rings. The van der Waals surface area contributed by atoms with E-state index in [1.165, 1.54) is 11.3 Å². The molecule has 22 heavy (non-hydrogen) atoms. The number of anilines is 1. The minimum Gasteiger partial charge on any atom is -0.379 e. The van der Waals surface area contributed by atoms with Gasteiger partial charge in [-0.05, 0) is 17.7 Å². The van der Waals surface area contributed by atoms with Crippen molar-refractivity contribution >= 4 is 34.5 Å². The molecule has 1 aliphatic rings. The zero-order valence-electron chi connectivity index (χ0n) is 11.9. The van der Waals surface area contributed by atoms with Crippen LogP contribution in [0, 0.1) is 0 Å². The van der Waals surface area contributed by atoms with Gasteiger partial charge in [-0.1, -0.05) is 17.7 Å². The summed E-state index contributed by atoms with van der Waals surface area (Å²) < 4.78 is 5.34. The molecule has 7 heteroatoms. The maximum atomic E-state index is 12.0. The van der Waals surface area contributed by atoms with Gasteiger partial charge in [-0.25, -0.2) is 4.98 Å². The number of aromatic nitrogens is 1. The molecule has 2 heterocycles. The molecule has 1 amide bonds. The quantitative estimate of drug-likeness (QED) is 0.932. The number of nitrogens with one attached hydrogen (secondary N) is 1. The highest BCUT2D eigenvalue weighted by molar-refractivity contribution is 7.07. The summed E-state index contributed by atoms with van der Waals surface area (Å²) in [7, 11) is 0. The van der Waals surface area contributed by atoms with E-state index in [1.807, 2.05) is 12.1 Å². The number of rotatable bonds is 4. The van der Waals surface area contributed by atoms with Crippen molar-refractivity contribution in [2.24, 2.45) is 0 Å². The van der Waals surface area contributed by atoms with Crippen molar-refractivity contribution in [2.45, 2.75) is 6.54 Å². The van der Waals surface area contributed by atoms with Gasteiger partial charge in [0.15, 0.2) is 0 Å². The van der Waals surface area contributed by atoms with Gasteiger partial charge in [0.2, 0.25) is 0 Å². The average molecular weight is 338 g/mol. The molecule has 0 aliphatic carbocycles. The van der Waals surface area contributed by atoms with Crippen molar-refractivity contribution in [1.82, 2.24) is 9.88 Å². The summed E-state index contributed by atoms with van der Waals surface area (Å²) in [5, 5.41) is 5.17. The molecule has 1 fully saturated rings. The molecule has 0 saturated carbocycles. The molecule has 1 aromatic heterocycles. The van der Waals surface area contributed by atoms with Crippen LogP contribution in [0.15, 0.2) is 29.1 Å². The van der Waals surface area contributed by atoms with Gasteiger partial charge in [-0.2, -0.15) is 0 Å². The first-order valence-electron chi connectivity index (χ1n) is 7.00. The second kappa shape index (κ2) is 7.19. The van der Waals surface area contributed by atoms with Crippen molar-refractivity contribution in [2.75, 3.05) is 31.6 Å². The minimum atomic E-state index is -0.224. The third-order valence-electron chi connectivity index (χ3n) is 3.47. The Labute approximate surface area is 137 Å². The second-order valence-corrected chi connectivity index (χ2v) is 6.15. The van der Waals surface area contributed by atoms with Gasteiger partial charge in [-0.3, -0.25) is 9.69 Å². The number of thiazole rings is 1. The maximum Gasteiger partial charge on any atom is 0.275 e. The summed E-state index contributed by atoms with van der Waals surface area (Å²) in [6, 6.07) is 5.60. The lowest BCUT2D eigenvalue weighted by atomic mass is 10.2. The molecule has 0 atom stereocenters. The van der Waals surface area contributed by atoms with Crippen LogP contribution in [0.4, 0.5) is 5.69 Å². The highest BCUT2D eigenvalue weighted by atomic mass is 35.5. The van der Waals surface area contributed by atoms with E-state index in [-0.39, 0.29) is 5.91 Å². The molecular formula is C15H16ClN3O2S. The van der Waals surface area contributed by atoms with Gasteiger partial charge >= 0.3 is 0 Å². The largest absolute Gasteiger partial charge is 0.379 e. The number of hydrogen-bond donors (Lipinski definition) is 1. The lowest BCUT2D eigenvalue weighted by Gasteiger charge is -2.27. The van der Waals surface area contributed by atoms with Crippen LogP contribution < -0.4 is 5.32 Å². The summed E-state index contributed by atoms with van der Waals surface area (Å²) in [6.07, 6.45) is 0. The Bertz CT molecular complexity index is 642. The lowest BCUT2D eigenvalue weighted by molar-refractivity contribution is 0.0342. The molecule has 0 unspecified atom stereocenters. The molecule has 1 aromatic carbocycles. The number of amides is 1. The normalized spacial score (nSPS) is 15.7. The molecule has 1 aliphatic heterocycles. The molecule has 0 spiro atoms. The maximum absolute atomic E-state index is 12.0. The Kier molecular flexibility index (Phi) is 5.04. The third-order valence-corrected chi connectivity index (χ3v) is 4.41. The van der Waals surface area contributed by atoms with Crippen LogP contribution in [-0.2, 0) is 11.3 Å². The van der Waals surface area contributed by atoms with E-state index in [4.69, 9.17) is 16.3 Å². The summed E-state index contributed by atoms with van der Waals surface area (Å²) in [4.78, 5) is 18.2. The van der Waals surface area contributed by atoms with Gasteiger partial charge < -0.3 is 10.1 Å². The number of morpholine rings is 1.